The lowest BCUT2D eigenvalue weighted by Crippen LogP contribution is -2.47. The van der Waals surface area contributed by atoms with Crippen molar-refractivity contribution in [1.29, 1.82) is 0 Å². The van der Waals surface area contributed by atoms with Crippen LogP contribution >= 0.6 is 24.0 Å². The Morgan fingerprint density at radius 2 is 1.90 bits per heavy atom. The van der Waals surface area contributed by atoms with E-state index in [1.807, 2.05) is 26.0 Å². The molecule has 0 aliphatic carbocycles. The molecule has 1 aromatic carbocycles. The maximum atomic E-state index is 13.9. The molecule has 2 N–H and O–H groups in total. The van der Waals surface area contributed by atoms with Gasteiger partial charge in [-0.3, -0.25) is 9.89 Å². The fourth-order valence-corrected chi connectivity index (χ4v) is 4.20. The highest BCUT2D eigenvalue weighted by Crippen LogP contribution is 2.20. The SMILES string of the molecule is CCNC(=NCCCN1CCN(c2ccccc2F)CC1)NC(C)CCS(C)(=O)=O.I. The van der Waals surface area contributed by atoms with Crippen molar-refractivity contribution in [3.63, 3.8) is 0 Å². The number of guanidine groups is 1. The normalized spacial score (nSPS) is 16.5. The summed E-state index contributed by atoms with van der Waals surface area (Å²) in [5.74, 6) is 0.733. The van der Waals surface area contributed by atoms with E-state index in [1.54, 1.807) is 6.07 Å². The molecule has 1 fully saturated rings. The van der Waals surface area contributed by atoms with Crippen molar-refractivity contribution in [2.24, 2.45) is 4.99 Å². The van der Waals surface area contributed by atoms with Crippen LogP contribution in [0.3, 0.4) is 0 Å². The Labute approximate surface area is 203 Å². The average molecular weight is 570 g/mol. The van der Waals surface area contributed by atoms with E-state index in [2.05, 4.69) is 25.4 Å². The summed E-state index contributed by atoms with van der Waals surface area (Å²) in [5, 5.41) is 6.49. The smallest absolute Gasteiger partial charge is 0.191 e. The molecule has 1 atom stereocenters. The number of aliphatic imine (C=N–C) groups is 1. The van der Waals surface area contributed by atoms with Crippen LogP contribution in [0.4, 0.5) is 10.1 Å². The van der Waals surface area contributed by atoms with Crippen LogP contribution in [-0.2, 0) is 9.84 Å². The fourth-order valence-electron chi connectivity index (χ4n) is 3.42. The molecule has 31 heavy (non-hydrogen) atoms. The summed E-state index contributed by atoms with van der Waals surface area (Å²) < 4.78 is 36.6. The minimum Gasteiger partial charge on any atom is -0.367 e. The second-order valence-corrected chi connectivity index (χ2v) is 10.1. The molecule has 1 saturated heterocycles. The first kappa shape index (κ1) is 27.9. The Hall–Kier alpha value is -1.14. The first-order valence-corrected chi connectivity index (χ1v) is 12.8. The van der Waals surface area contributed by atoms with Crippen LogP contribution < -0.4 is 15.5 Å². The third kappa shape index (κ3) is 10.8. The quantitative estimate of drug-likeness (QED) is 0.195. The summed E-state index contributed by atoms with van der Waals surface area (Å²) >= 11 is 0. The van der Waals surface area contributed by atoms with Gasteiger partial charge >= 0.3 is 0 Å². The largest absolute Gasteiger partial charge is 0.367 e. The first-order valence-electron chi connectivity index (χ1n) is 10.7. The Bertz CT molecular complexity index is 786. The zero-order valence-electron chi connectivity index (χ0n) is 18.8. The predicted octanol–water partition coefficient (Wildman–Crippen LogP) is 2.33. The molecule has 1 aromatic rings. The van der Waals surface area contributed by atoms with Crippen molar-refractivity contribution < 1.29 is 12.8 Å². The van der Waals surface area contributed by atoms with Crippen LogP contribution in [0, 0.1) is 5.82 Å². The van der Waals surface area contributed by atoms with E-state index in [0.717, 1.165) is 51.6 Å². The molecule has 2 rings (SSSR count). The molecule has 178 valence electrons. The van der Waals surface area contributed by atoms with E-state index >= 15 is 0 Å². The molecule has 1 heterocycles. The van der Waals surface area contributed by atoms with Gasteiger partial charge in [-0.05, 0) is 38.8 Å². The molecule has 1 aliphatic rings. The number of nitrogens with one attached hydrogen (secondary N) is 2. The van der Waals surface area contributed by atoms with E-state index in [0.29, 0.717) is 18.7 Å². The number of anilines is 1. The lowest BCUT2D eigenvalue weighted by atomic mass is 10.2. The van der Waals surface area contributed by atoms with Gasteiger partial charge in [-0.15, -0.1) is 24.0 Å². The van der Waals surface area contributed by atoms with Crippen LogP contribution in [0.5, 0.6) is 0 Å². The summed E-state index contributed by atoms with van der Waals surface area (Å²) in [6.07, 6.45) is 2.75. The third-order valence-corrected chi connectivity index (χ3v) is 6.09. The Morgan fingerprint density at radius 3 is 2.52 bits per heavy atom. The number of sulfone groups is 1. The van der Waals surface area contributed by atoms with Crippen molar-refractivity contribution >= 4 is 45.5 Å². The van der Waals surface area contributed by atoms with Gasteiger partial charge in [-0.2, -0.15) is 0 Å². The topological polar surface area (TPSA) is 77.0 Å². The van der Waals surface area contributed by atoms with Gasteiger partial charge in [-0.25, -0.2) is 12.8 Å². The zero-order chi connectivity index (χ0) is 22.0. The molecular weight excluding hydrogens is 532 g/mol. The van der Waals surface area contributed by atoms with Crippen LogP contribution in [0.25, 0.3) is 0 Å². The standard InChI is InChI=1S/C21H36FN5O2S.HI/c1-4-23-21(25-18(2)10-17-30(3,28)29)24-11-7-12-26-13-15-27(16-14-26)20-9-6-5-8-19(20)22;/h5-6,8-9,18H,4,7,10-17H2,1-3H3,(H2,23,24,25);1H. The number of piperazine rings is 1. The second kappa shape index (κ2) is 14.1. The van der Waals surface area contributed by atoms with Crippen LogP contribution in [-0.4, -0.2) is 83.1 Å². The summed E-state index contributed by atoms with van der Waals surface area (Å²) in [6, 6.07) is 6.98. The summed E-state index contributed by atoms with van der Waals surface area (Å²) in [4.78, 5) is 9.11. The van der Waals surface area contributed by atoms with E-state index < -0.39 is 9.84 Å². The highest BCUT2D eigenvalue weighted by molar-refractivity contribution is 14.0. The van der Waals surface area contributed by atoms with Gasteiger partial charge < -0.3 is 15.5 Å². The molecule has 0 amide bonds. The summed E-state index contributed by atoms with van der Waals surface area (Å²) in [7, 11) is -2.95. The van der Waals surface area contributed by atoms with Crippen molar-refractivity contribution in [3.05, 3.63) is 30.1 Å². The highest BCUT2D eigenvalue weighted by Gasteiger charge is 2.18. The lowest BCUT2D eigenvalue weighted by Gasteiger charge is -2.36. The van der Waals surface area contributed by atoms with Crippen LogP contribution in [0.2, 0.25) is 0 Å². The van der Waals surface area contributed by atoms with Gasteiger partial charge in [0.15, 0.2) is 5.96 Å². The number of halogens is 2. The Morgan fingerprint density at radius 1 is 1.23 bits per heavy atom. The molecule has 0 saturated carbocycles. The fraction of sp³-hybridized carbons (Fsp3) is 0.667. The molecule has 10 heteroatoms. The Kier molecular flexibility index (Phi) is 12.7. The number of rotatable bonds is 10. The van der Waals surface area contributed by atoms with Gasteiger partial charge in [-0.1, -0.05) is 12.1 Å². The zero-order valence-corrected chi connectivity index (χ0v) is 22.0. The third-order valence-electron chi connectivity index (χ3n) is 5.12. The number of hydrogen-bond acceptors (Lipinski definition) is 5. The van der Waals surface area contributed by atoms with Crippen LogP contribution in [0.15, 0.2) is 29.3 Å². The first-order chi connectivity index (χ1) is 14.3. The van der Waals surface area contributed by atoms with Gasteiger partial charge in [0.25, 0.3) is 0 Å². The molecule has 7 nitrogen and oxygen atoms in total. The van der Waals surface area contributed by atoms with Crippen molar-refractivity contribution in [2.75, 3.05) is 62.7 Å². The molecular formula is C21H37FIN5O2S. The van der Waals surface area contributed by atoms with Gasteiger partial charge in [0, 0.05) is 58.1 Å². The van der Waals surface area contributed by atoms with Gasteiger partial charge in [0.05, 0.1) is 11.4 Å². The second-order valence-electron chi connectivity index (χ2n) is 7.86. The molecule has 0 radical (unpaired) electrons. The Balaban J connectivity index is 0.00000480. The number of benzene rings is 1. The van der Waals surface area contributed by atoms with Crippen molar-refractivity contribution in [1.82, 2.24) is 15.5 Å². The minimum atomic E-state index is -2.95. The monoisotopic (exact) mass is 569 g/mol. The number of nitrogens with zero attached hydrogens (tertiary/aromatic N) is 3. The van der Waals surface area contributed by atoms with Crippen LogP contribution in [0.1, 0.15) is 26.7 Å². The molecule has 0 aromatic heterocycles. The minimum absolute atomic E-state index is 0. The van der Waals surface area contributed by atoms with E-state index in [-0.39, 0.29) is 41.6 Å². The average Bonchev–Trinajstić information content (AvgIpc) is 2.70. The molecule has 1 unspecified atom stereocenters. The highest BCUT2D eigenvalue weighted by atomic mass is 127. The maximum absolute atomic E-state index is 13.9. The van der Waals surface area contributed by atoms with Crippen molar-refractivity contribution in [3.8, 4) is 0 Å². The van der Waals surface area contributed by atoms with Crippen molar-refractivity contribution in [2.45, 2.75) is 32.7 Å². The molecule has 0 bridgehead atoms. The maximum Gasteiger partial charge on any atom is 0.191 e. The molecule has 0 spiro atoms. The van der Waals surface area contributed by atoms with Gasteiger partial charge in [0.2, 0.25) is 0 Å². The number of para-hydroxylation sites is 1. The lowest BCUT2D eigenvalue weighted by molar-refractivity contribution is 0.256. The van der Waals surface area contributed by atoms with E-state index in [1.165, 1.54) is 12.3 Å². The van der Waals surface area contributed by atoms with E-state index in [9.17, 15) is 12.8 Å². The van der Waals surface area contributed by atoms with Gasteiger partial charge in [0.1, 0.15) is 15.7 Å². The molecule has 1 aliphatic heterocycles. The predicted molar refractivity (Wildman–Crippen MR) is 138 cm³/mol. The van der Waals surface area contributed by atoms with E-state index in [4.69, 9.17) is 0 Å². The summed E-state index contributed by atoms with van der Waals surface area (Å²) in [5.41, 5.74) is 0.688. The number of hydrogen-bond donors (Lipinski definition) is 2. The summed E-state index contributed by atoms with van der Waals surface area (Å²) in [6.45, 7) is 9.86.